The van der Waals surface area contributed by atoms with E-state index >= 15 is 0 Å². The zero-order chi connectivity index (χ0) is 19.5. The molecule has 0 radical (unpaired) electrons. The minimum atomic E-state index is -2.64. The number of halogens is 2. The topological polar surface area (TPSA) is 79.3 Å². The zero-order valence-corrected chi connectivity index (χ0v) is 15.7. The second kappa shape index (κ2) is 8.27. The summed E-state index contributed by atoms with van der Waals surface area (Å²) < 4.78 is 32.6. The van der Waals surface area contributed by atoms with Crippen LogP contribution in [0.3, 0.4) is 0 Å². The van der Waals surface area contributed by atoms with Crippen LogP contribution in [-0.4, -0.2) is 71.9 Å². The highest BCUT2D eigenvalue weighted by atomic mass is 19.3. The van der Waals surface area contributed by atoms with Crippen molar-refractivity contribution in [2.24, 2.45) is 0 Å². The minimum Gasteiger partial charge on any atom is -0.377 e. The highest BCUT2D eigenvalue weighted by molar-refractivity contribution is 5.62. The molecule has 2 fully saturated rings. The Morgan fingerprint density at radius 3 is 2.68 bits per heavy atom. The summed E-state index contributed by atoms with van der Waals surface area (Å²) >= 11 is 0. The van der Waals surface area contributed by atoms with Crippen molar-refractivity contribution in [1.82, 2.24) is 25.3 Å². The van der Waals surface area contributed by atoms with Crippen LogP contribution in [0, 0.1) is 0 Å². The molecule has 4 heterocycles. The lowest BCUT2D eigenvalue weighted by molar-refractivity contribution is 0.0981. The van der Waals surface area contributed by atoms with E-state index in [0.29, 0.717) is 31.7 Å². The van der Waals surface area contributed by atoms with Crippen LogP contribution in [0.25, 0.3) is 11.4 Å². The molecule has 0 saturated carbocycles. The van der Waals surface area contributed by atoms with E-state index in [2.05, 4.69) is 30.2 Å². The maximum Gasteiger partial charge on any atom is 0.264 e. The van der Waals surface area contributed by atoms with E-state index in [1.54, 1.807) is 0 Å². The number of nitrogens with zero attached hydrogens (tertiary/aromatic N) is 6. The fourth-order valence-corrected chi connectivity index (χ4v) is 3.42. The number of ether oxygens (including phenoxy) is 1. The maximum absolute atomic E-state index is 13.5. The molecule has 4 rings (SSSR count). The molecule has 0 aliphatic carbocycles. The van der Waals surface area contributed by atoms with Crippen LogP contribution in [0.4, 0.5) is 20.7 Å². The van der Waals surface area contributed by atoms with Crippen molar-refractivity contribution >= 4 is 11.9 Å². The second-order valence-electron chi connectivity index (χ2n) is 6.88. The van der Waals surface area contributed by atoms with Gasteiger partial charge in [0.05, 0.1) is 19.3 Å². The molecule has 2 aromatic heterocycles. The molecule has 0 unspecified atom stereocenters. The third kappa shape index (κ3) is 3.88. The molecule has 2 aliphatic rings. The van der Waals surface area contributed by atoms with Crippen molar-refractivity contribution in [2.75, 3.05) is 55.7 Å². The van der Waals surface area contributed by atoms with Gasteiger partial charge in [0.15, 0.2) is 5.82 Å². The van der Waals surface area contributed by atoms with Crippen LogP contribution < -0.4 is 15.1 Å². The molecule has 2 aliphatic heterocycles. The van der Waals surface area contributed by atoms with E-state index in [1.807, 2.05) is 11.8 Å². The molecule has 1 atom stereocenters. The van der Waals surface area contributed by atoms with Crippen molar-refractivity contribution in [2.45, 2.75) is 19.4 Å². The summed E-state index contributed by atoms with van der Waals surface area (Å²) in [6, 6.07) is 1.40. The number of hydrogen-bond donors (Lipinski definition) is 1. The van der Waals surface area contributed by atoms with Gasteiger partial charge < -0.3 is 19.9 Å². The van der Waals surface area contributed by atoms with E-state index in [1.165, 1.54) is 18.5 Å². The number of morpholine rings is 1. The summed E-state index contributed by atoms with van der Waals surface area (Å²) in [6.45, 7) is 6.94. The summed E-state index contributed by atoms with van der Waals surface area (Å²) in [7, 11) is 0. The number of anilines is 2. The van der Waals surface area contributed by atoms with E-state index in [9.17, 15) is 8.78 Å². The molecule has 28 heavy (non-hydrogen) atoms. The summed E-state index contributed by atoms with van der Waals surface area (Å²) in [6.07, 6.45) is 0.113. The Labute approximate surface area is 162 Å². The Bertz CT molecular complexity index is 816. The quantitative estimate of drug-likeness (QED) is 0.840. The summed E-state index contributed by atoms with van der Waals surface area (Å²) in [5, 5.41) is 3.29. The normalized spacial score (nSPS) is 20.6. The average molecular weight is 391 g/mol. The third-order valence-electron chi connectivity index (χ3n) is 4.97. The fraction of sp³-hybridized carbons (Fsp3) is 0.556. The van der Waals surface area contributed by atoms with Gasteiger partial charge >= 0.3 is 0 Å². The average Bonchev–Trinajstić information content (AvgIpc) is 2.74. The molecular formula is C18H23F2N7O. The molecule has 150 valence electrons. The van der Waals surface area contributed by atoms with Gasteiger partial charge in [-0.1, -0.05) is 0 Å². The number of nitrogens with one attached hydrogen (secondary N) is 1. The summed E-state index contributed by atoms with van der Waals surface area (Å²) in [5.41, 5.74) is 0.104. The molecule has 8 nitrogen and oxygen atoms in total. The van der Waals surface area contributed by atoms with Crippen LogP contribution in [-0.2, 0) is 4.74 Å². The van der Waals surface area contributed by atoms with Crippen LogP contribution in [0.1, 0.15) is 18.9 Å². The number of aromatic nitrogens is 4. The Hall–Kier alpha value is -2.46. The molecule has 0 bridgehead atoms. The second-order valence-corrected chi connectivity index (χ2v) is 6.88. The SMILES string of the molecule is C[C@H]1COCCN1c1nc(-c2cnccc2C(F)F)nc(N2CCNCC2)n1. The lowest BCUT2D eigenvalue weighted by Crippen LogP contribution is -2.46. The Kier molecular flexibility index (Phi) is 5.58. The first kappa shape index (κ1) is 18.9. The first-order chi connectivity index (χ1) is 13.6. The van der Waals surface area contributed by atoms with Crippen molar-refractivity contribution in [1.29, 1.82) is 0 Å². The molecule has 1 N–H and O–H groups in total. The number of alkyl halides is 2. The third-order valence-corrected chi connectivity index (χ3v) is 4.97. The predicted octanol–water partition coefficient (Wildman–Crippen LogP) is 1.51. The van der Waals surface area contributed by atoms with Crippen molar-refractivity contribution < 1.29 is 13.5 Å². The Balaban J connectivity index is 1.80. The van der Waals surface area contributed by atoms with E-state index in [4.69, 9.17) is 4.74 Å². The van der Waals surface area contributed by atoms with Crippen LogP contribution >= 0.6 is 0 Å². The largest absolute Gasteiger partial charge is 0.377 e. The fourth-order valence-electron chi connectivity index (χ4n) is 3.42. The van der Waals surface area contributed by atoms with E-state index in [0.717, 1.165) is 26.2 Å². The van der Waals surface area contributed by atoms with Gasteiger partial charge in [-0.2, -0.15) is 15.0 Å². The van der Waals surface area contributed by atoms with E-state index in [-0.39, 0.29) is 23.0 Å². The van der Waals surface area contributed by atoms with Gasteiger partial charge in [-0.25, -0.2) is 8.78 Å². The Morgan fingerprint density at radius 2 is 1.93 bits per heavy atom. The number of pyridine rings is 1. The summed E-state index contributed by atoms with van der Waals surface area (Å²) in [4.78, 5) is 21.9. The molecule has 0 spiro atoms. The molecule has 10 heteroatoms. The van der Waals surface area contributed by atoms with Crippen LogP contribution in [0.5, 0.6) is 0 Å². The van der Waals surface area contributed by atoms with Crippen LogP contribution in [0.15, 0.2) is 18.5 Å². The minimum absolute atomic E-state index is 0.0864. The van der Waals surface area contributed by atoms with Crippen molar-refractivity contribution in [3.05, 3.63) is 24.0 Å². The van der Waals surface area contributed by atoms with Gasteiger partial charge in [-0.15, -0.1) is 0 Å². The van der Waals surface area contributed by atoms with E-state index < -0.39 is 6.43 Å². The highest BCUT2D eigenvalue weighted by Crippen LogP contribution is 2.30. The lowest BCUT2D eigenvalue weighted by atomic mass is 10.1. The molecule has 0 aromatic carbocycles. The molecule has 0 amide bonds. The first-order valence-electron chi connectivity index (χ1n) is 9.42. The maximum atomic E-state index is 13.5. The molecule has 2 aromatic rings. The first-order valence-corrected chi connectivity index (χ1v) is 9.42. The lowest BCUT2D eigenvalue weighted by Gasteiger charge is -2.34. The number of piperazine rings is 1. The van der Waals surface area contributed by atoms with Gasteiger partial charge in [-0.3, -0.25) is 4.98 Å². The number of hydrogen-bond acceptors (Lipinski definition) is 8. The number of rotatable bonds is 4. The van der Waals surface area contributed by atoms with Gasteiger partial charge in [0.25, 0.3) is 6.43 Å². The van der Waals surface area contributed by atoms with Gasteiger partial charge in [0.2, 0.25) is 11.9 Å². The monoisotopic (exact) mass is 391 g/mol. The highest BCUT2D eigenvalue weighted by Gasteiger charge is 2.26. The van der Waals surface area contributed by atoms with Gasteiger partial charge in [0.1, 0.15) is 0 Å². The summed E-state index contributed by atoms with van der Waals surface area (Å²) in [5.74, 6) is 1.21. The molecular weight excluding hydrogens is 368 g/mol. The smallest absolute Gasteiger partial charge is 0.264 e. The van der Waals surface area contributed by atoms with Crippen LogP contribution in [0.2, 0.25) is 0 Å². The molecule has 2 saturated heterocycles. The standard InChI is InChI=1S/C18H23F2N7O/c1-12-11-28-9-8-27(12)18-24-16(14-10-22-3-2-13(14)15(19)20)23-17(25-18)26-6-4-21-5-7-26/h2-3,10,12,15,21H,4-9,11H2,1H3/t12-/m0/s1. The van der Waals surface area contributed by atoms with Crippen molar-refractivity contribution in [3.8, 4) is 11.4 Å². The predicted molar refractivity (Wildman–Crippen MR) is 101 cm³/mol. The Morgan fingerprint density at radius 1 is 1.14 bits per heavy atom. The van der Waals surface area contributed by atoms with Gasteiger partial charge in [-0.05, 0) is 13.0 Å². The van der Waals surface area contributed by atoms with Crippen molar-refractivity contribution in [3.63, 3.8) is 0 Å². The zero-order valence-electron chi connectivity index (χ0n) is 15.7. The van der Waals surface area contributed by atoms with Gasteiger partial charge in [0, 0.05) is 56.2 Å².